The van der Waals surface area contributed by atoms with Crippen LogP contribution in [0.1, 0.15) is 20.0 Å². The van der Waals surface area contributed by atoms with Gasteiger partial charge in [-0.25, -0.2) is 4.79 Å². The summed E-state index contributed by atoms with van der Waals surface area (Å²) in [6.07, 6.45) is 0. The van der Waals surface area contributed by atoms with Crippen molar-refractivity contribution >= 4 is 40.7 Å². The number of benzene rings is 1. The Labute approximate surface area is 129 Å². The molecule has 1 aromatic heterocycles. The van der Waals surface area contributed by atoms with E-state index < -0.39 is 24.4 Å². The minimum Gasteiger partial charge on any atom is -0.452 e. The summed E-state index contributed by atoms with van der Waals surface area (Å²) in [5.41, 5.74) is 0.275. The maximum Gasteiger partial charge on any atom is 0.338 e. The van der Waals surface area contributed by atoms with Gasteiger partial charge in [-0.2, -0.15) is 0 Å². The summed E-state index contributed by atoms with van der Waals surface area (Å²) < 4.78 is 4.81. The second kappa shape index (κ2) is 7.01. The van der Waals surface area contributed by atoms with Gasteiger partial charge >= 0.3 is 5.97 Å². The molecule has 1 aromatic carbocycles. The third kappa shape index (κ3) is 4.40. The van der Waals surface area contributed by atoms with Gasteiger partial charge in [0.05, 0.1) is 10.4 Å². The summed E-state index contributed by atoms with van der Waals surface area (Å²) in [6.45, 7) is -0.529. The van der Waals surface area contributed by atoms with E-state index in [9.17, 15) is 14.4 Å². The van der Waals surface area contributed by atoms with Gasteiger partial charge in [0.2, 0.25) is 0 Å². The highest BCUT2D eigenvalue weighted by atomic mass is 35.5. The van der Waals surface area contributed by atoms with Crippen LogP contribution in [0.3, 0.4) is 0 Å². The van der Waals surface area contributed by atoms with Crippen LogP contribution in [0.15, 0.2) is 41.8 Å². The molecule has 0 bridgehead atoms. The number of ether oxygens (including phenoxy) is 1. The Balaban J connectivity index is 1.82. The predicted octanol–water partition coefficient (Wildman–Crippen LogP) is 2.51. The van der Waals surface area contributed by atoms with Crippen molar-refractivity contribution in [3.8, 4) is 0 Å². The van der Waals surface area contributed by atoms with Crippen molar-refractivity contribution in [2.75, 3.05) is 6.61 Å². The van der Waals surface area contributed by atoms with Crippen molar-refractivity contribution in [1.29, 1.82) is 0 Å². The van der Waals surface area contributed by atoms with E-state index in [0.29, 0.717) is 9.90 Å². The highest BCUT2D eigenvalue weighted by Gasteiger charge is 2.14. The number of hydrogen-bond donors (Lipinski definition) is 1. The van der Waals surface area contributed by atoms with E-state index in [0.717, 1.165) is 0 Å². The third-order valence-electron chi connectivity index (χ3n) is 2.41. The average Bonchev–Trinajstić information content (AvgIpc) is 3.00. The molecule has 5 nitrogen and oxygen atoms in total. The number of rotatable bonds is 4. The molecule has 2 rings (SSSR count). The highest BCUT2D eigenvalue weighted by molar-refractivity contribution is 7.12. The lowest BCUT2D eigenvalue weighted by Gasteiger charge is -2.05. The number of amides is 2. The molecule has 0 saturated carbocycles. The molecule has 21 heavy (non-hydrogen) atoms. The van der Waals surface area contributed by atoms with Gasteiger partial charge < -0.3 is 4.74 Å². The van der Waals surface area contributed by atoms with Gasteiger partial charge in [-0.3, -0.25) is 14.9 Å². The van der Waals surface area contributed by atoms with Crippen molar-refractivity contribution in [2.24, 2.45) is 0 Å². The lowest BCUT2D eigenvalue weighted by Crippen LogP contribution is -2.33. The quantitative estimate of drug-likeness (QED) is 0.877. The monoisotopic (exact) mass is 323 g/mol. The van der Waals surface area contributed by atoms with Crippen LogP contribution in [0, 0.1) is 0 Å². The van der Waals surface area contributed by atoms with Gasteiger partial charge in [0.25, 0.3) is 11.8 Å². The lowest BCUT2D eigenvalue weighted by atomic mass is 10.2. The normalized spacial score (nSPS) is 9.95. The Morgan fingerprint density at radius 3 is 2.48 bits per heavy atom. The van der Waals surface area contributed by atoms with Gasteiger partial charge in [-0.1, -0.05) is 17.7 Å². The number of carbonyl (C=O) groups is 3. The Kier molecular flexibility index (Phi) is 5.08. The molecule has 2 amide bonds. The molecule has 0 aliphatic rings. The molecule has 0 saturated heterocycles. The number of imide groups is 1. The van der Waals surface area contributed by atoms with Gasteiger partial charge in [0.15, 0.2) is 6.61 Å². The molecule has 0 unspecified atom stereocenters. The minimum atomic E-state index is -0.685. The van der Waals surface area contributed by atoms with Crippen molar-refractivity contribution in [3.05, 3.63) is 57.2 Å². The van der Waals surface area contributed by atoms with Crippen molar-refractivity contribution in [1.82, 2.24) is 5.32 Å². The summed E-state index contributed by atoms with van der Waals surface area (Å²) in [4.78, 5) is 35.2. The number of carbonyl (C=O) groups excluding carboxylic acids is 3. The van der Waals surface area contributed by atoms with Crippen LogP contribution in [0.4, 0.5) is 0 Å². The third-order valence-corrected chi connectivity index (χ3v) is 3.53. The first-order chi connectivity index (χ1) is 10.1. The number of halogens is 1. The Hall–Kier alpha value is -2.18. The van der Waals surface area contributed by atoms with Crippen molar-refractivity contribution < 1.29 is 19.1 Å². The average molecular weight is 324 g/mol. The van der Waals surface area contributed by atoms with Crippen LogP contribution in [-0.4, -0.2) is 24.4 Å². The fraction of sp³-hybridized carbons (Fsp3) is 0.0714. The van der Waals surface area contributed by atoms with E-state index in [-0.39, 0.29) is 5.56 Å². The Bertz CT molecular complexity index is 652. The topological polar surface area (TPSA) is 72.5 Å². The van der Waals surface area contributed by atoms with E-state index in [4.69, 9.17) is 16.3 Å². The van der Waals surface area contributed by atoms with Crippen LogP contribution in [0.25, 0.3) is 0 Å². The van der Waals surface area contributed by atoms with E-state index in [1.807, 2.05) is 0 Å². The lowest BCUT2D eigenvalue weighted by molar-refractivity contribution is -0.123. The van der Waals surface area contributed by atoms with Crippen LogP contribution in [0.2, 0.25) is 5.02 Å². The summed E-state index contributed by atoms with van der Waals surface area (Å²) >= 11 is 6.91. The zero-order chi connectivity index (χ0) is 15.2. The van der Waals surface area contributed by atoms with Gasteiger partial charge in [-0.05, 0) is 35.7 Å². The number of esters is 1. The maximum atomic E-state index is 11.6. The molecule has 7 heteroatoms. The first-order valence-electron chi connectivity index (χ1n) is 5.86. The number of hydrogen-bond acceptors (Lipinski definition) is 5. The van der Waals surface area contributed by atoms with Crippen LogP contribution in [0.5, 0.6) is 0 Å². The van der Waals surface area contributed by atoms with Crippen LogP contribution >= 0.6 is 22.9 Å². The smallest absolute Gasteiger partial charge is 0.338 e. The highest BCUT2D eigenvalue weighted by Crippen LogP contribution is 2.10. The van der Waals surface area contributed by atoms with E-state index >= 15 is 0 Å². The van der Waals surface area contributed by atoms with Gasteiger partial charge in [-0.15, -0.1) is 11.3 Å². The zero-order valence-corrected chi connectivity index (χ0v) is 12.2. The Morgan fingerprint density at radius 1 is 1.14 bits per heavy atom. The fourth-order valence-electron chi connectivity index (χ4n) is 1.43. The molecule has 0 radical (unpaired) electrons. The molecule has 0 fully saturated rings. The molecule has 0 spiro atoms. The SMILES string of the molecule is O=C(COC(=O)c1ccc(Cl)cc1)NC(=O)c1cccs1. The standard InChI is InChI=1S/C14H10ClNO4S/c15-10-5-3-9(4-6-10)14(19)20-8-12(17)16-13(18)11-2-1-7-21-11/h1-7H,8H2,(H,16,17,18). The molecule has 108 valence electrons. The number of nitrogens with one attached hydrogen (secondary N) is 1. The molecule has 1 N–H and O–H groups in total. The largest absolute Gasteiger partial charge is 0.452 e. The first-order valence-corrected chi connectivity index (χ1v) is 7.12. The molecule has 0 atom stereocenters. The summed E-state index contributed by atoms with van der Waals surface area (Å²) in [7, 11) is 0. The molecule has 2 aromatic rings. The van der Waals surface area contributed by atoms with E-state index in [1.165, 1.54) is 23.5 Å². The summed E-state index contributed by atoms with van der Waals surface area (Å²) in [5.74, 6) is -1.86. The number of thiophene rings is 1. The predicted molar refractivity (Wildman–Crippen MR) is 78.5 cm³/mol. The zero-order valence-electron chi connectivity index (χ0n) is 10.7. The fourth-order valence-corrected chi connectivity index (χ4v) is 2.18. The first kappa shape index (κ1) is 15.2. The second-order valence-electron chi connectivity index (χ2n) is 3.94. The van der Waals surface area contributed by atoms with Gasteiger partial charge in [0, 0.05) is 5.02 Å². The molecular formula is C14H10ClNO4S. The molecular weight excluding hydrogens is 314 g/mol. The Morgan fingerprint density at radius 2 is 1.86 bits per heavy atom. The summed E-state index contributed by atoms with van der Waals surface area (Å²) in [5, 5.41) is 4.35. The summed E-state index contributed by atoms with van der Waals surface area (Å²) in [6, 6.07) is 9.34. The van der Waals surface area contributed by atoms with E-state index in [2.05, 4.69) is 5.32 Å². The van der Waals surface area contributed by atoms with Gasteiger partial charge in [0.1, 0.15) is 0 Å². The van der Waals surface area contributed by atoms with Crippen LogP contribution in [-0.2, 0) is 9.53 Å². The van der Waals surface area contributed by atoms with Crippen LogP contribution < -0.4 is 5.32 Å². The molecule has 0 aliphatic heterocycles. The van der Waals surface area contributed by atoms with Crippen molar-refractivity contribution in [2.45, 2.75) is 0 Å². The van der Waals surface area contributed by atoms with E-state index in [1.54, 1.807) is 29.6 Å². The minimum absolute atomic E-state index is 0.275. The van der Waals surface area contributed by atoms with Crippen molar-refractivity contribution in [3.63, 3.8) is 0 Å². The maximum absolute atomic E-state index is 11.6. The molecule has 1 heterocycles. The molecule has 0 aliphatic carbocycles. The second-order valence-corrected chi connectivity index (χ2v) is 5.32.